The van der Waals surface area contributed by atoms with Gasteiger partial charge in [0, 0.05) is 23.8 Å². The highest BCUT2D eigenvalue weighted by molar-refractivity contribution is 8.12. The van der Waals surface area contributed by atoms with E-state index in [-0.39, 0.29) is 12.1 Å². The first-order chi connectivity index (χ1) is 5.53. The van der Waals surface area contributed by atoms with Crippen molar-refractivity contribution < 1.29 is 13.2 Å². The molecule has 0 aliphatic heterocycles. The van der Waals surface area contributed by atoms with E-state index >= 15 is 0 Å². The van der Waals surface area contributed by atoms with Crippen LogP contribution in [0.25, 0.3) is 0 Å². The molecule has 1 N–H and O–H groups in total. The number of ether oxygens (including phenoxy) is 1. The van der Waals surface area contributed by atoms with Gasteiger partial charge in [-0.05, 0) is 19.3 Å². The normalized spacial score (nSPS) is 30.8. The van der Waals surface area contributed by atoms with Crippen LogP contribution < -0.4 is 4.72 Å². The highest BCUT2D eigenvalue weighted by Crippen LogP contribution is 2.22. The second-order valence-corrected chi connectivity index (χ2v) is 5.20. The van der Waals surface area contributed by atoms with Crippen molar-refractivity contribution in [3.05, 3.63) is 0 Å². The van der Waals surface area contributed by atoms with Crippen molar-refractivity contribution in [1.82, 2.24) is 4.72 Å². The Morgan fingerprint density at radius 3 is 2.67 bits per heavy atom. The van der Waals surface area contributed by atoms with Crippen LogP contribution in [0, 0.1) is 0 Å². The zero-order valence-electron chi connectivity index (χ0n) is 6.79. The quantitative estimate of drug-likeness (QED) is 0.700. The average molecular weight is 214 g/mol. The molecule has 72 valence electrons. The molecule has 0 spiro atoms. The van der Waals surface area contributed by atoms with Crippen molar-refractivity contribution in [2.24, 2.45) is 0 Å². The molecule has 2 atom stereocenters. The van der Waals surface area contributed by atoms with Crippen LogP contribution >= 0.6 is 10.7 Å². The lowest BCUT2D eigenvalue weighted by atomic mass is 10.2. The maximum atomic E-state index is 10.6. The van der Waals surface area contributed by atoms with Crippen molar-refractivity contribution in [3.8, 4) is 0 Å². The van der Waals surface area contributed by atoms with Gasteiger partial charge in [0.05, 0.1) is 6.10 Å². The molecule has 0 heterocycles. The van der Waals surface area contributed by atoms with Gasteiger partial charge < -0.3 is 4.74 Å². The number of hydrogen-bond donors (Lipinski definition) is 1. The molecule has 6 heteroatoms. The molecule has 1 rings (SSSR count). The lowest BCUT2D eigenvalue weighted by Gasteiger charge is -2.16. The number of hydrogen-bond acceptors (Lipinski definition) is 3. The molecule has 12 heavy (non-hydrogen) atoms. The summed E-state index contributed by atoms with van der Waals surface area (Å²) in [4.78, 5) is 0. The topological polar surface area (TPSA) is 55.4 Å². The van der Waals surface area contributed by atoms with Crippen LogP contribution in [0.3, 0.4) is 0 Å². The van der Waals surface area contributed by atoms with Gasteiger partial charge in [0.25, 0.3) is 9.24 Å². The molecule has 1 fully saturated rings. The van der Waals surface area contributed by atoms with Crippen molar-refractivity contribution in [2.75, 3.05) is 7.11 Å². The molecule has 0 saturated heterocycles. The Balaban J connectivity index is 2.52. The second kappa shape index (κ2) is 3.91. The Labute approximate surface area is 76.8 Å². The molecule has 0 radical (unpaired) electrons. The third-order valence-corrected chi connectivity index (χ3v) is 2.90. The van der Waals surface area contributed by atoms with Gasteiger partial charge >= 0.3 is 0 Å². The van der Waals surface area contributed by atoms with Crippen LogP contribution in [0.4, 0.5) is 0 Å². The molecule has 4 nitrogen and oxygen atoms in total. The van der Waals surface area contributed by atoms with Gasteiger partial charge in [0.2, 0.25) is 0 Å². The summed E-state index contributed by atoms with van der Waals surface area (Å²) < 4.78 is 28.7. The van der Waals surface area contributed by atoms with E-state index in [1.165, 1.54) is 0 Å². The fourth-order valence-electron chi connectivity index (χ4n) is 1.52. The van der Waals surface area contributed by atoms with Gasteiger partial charge in [-0.15, -0.1) is 0 Å². The summed E-state index contributed by atoms with van der Waals surface area (Å²) >= 11 is 0. The van der Waals surface area contributed by atoms with Gasteiger partial charge in [0.1, 0.15) is 0 Å². The predicted molar refractivity (Wildman–Crippen MR) is 46.3 cm³/mol. The summed E-state index contributed by atoms with van der Waals surface area (Å²) in [5.74, 6) is 0. The number of nitrogens with one attached hydrogen (secondary N) is 1. The third-order valence-electron chi connectivity index (χ3n) is 2.05. The van der Waals surface area contributed by atoms with Crippen LogP contribution in [-0.2, 0) is 14.0 Å². The summed E-state index contributed by atoms with van der Waals surface area (Å²) in [6, 6.07) is -0.155. The molecule has 1 aliphatic carbocycles. The Kier molecular flexibility index (Phi) is 3.34. The average Bonchev–Trinajstić information content (AvgIpc) is 2.31. The van der Waals surface area contributed by atoms with E-state index in [1.807, 2.05) is 0 Å². The molecule has 2 unspecified atom stereocenters. The van der Waals surface area contributed by atoms with Gasteiger partial charge in [-0.1, -0.05) is 0 Å². The zero-order valence-corrected chi connectivity index (χ0v) is 8.36. The smallest absolute Gasteiger partial charge is 0.297 e. The summed E-state index contributed by atoms with van der Waals surface area (Å²) in [5, 5.41) is 0. The van der Waals surface area contributed by atoms with Gasteiger partial charge in [-0.3, -0.25) is 0 Å². The highest BCUT2D eigenvalue weighted by Gasteiger charge is 2.29. The van der Waals surface area contributed by atoms with E-state index in [1.54, 1.807) is 7.11 Å². The van der Waals surface area contributed by atoms with E-state index in [2.05, 4.69) is 4.72 Å². The minimum atomic E-state index is -3.61. The molecule has 0 aromatic rings. The molecule has 0 aromatic carbocycles. The van der Waals surface area contributed by atoms with Crippen LogP contribution in [0.2, 0.25) is 0 Å². The summed E-state index contributed by atoms with van der Waals surface area (Å²) in [6.07, 6.45) is 2.63. The largest absolute Gasteiger partial charge is 0.380 e. The summed E-state index contributed by atoms with van der Waals surface area (Å²) in [7, 11) is 3.01. The summed E-state index contributed by atoms with van der Waals surface area (Å²) in [5.41, 5.74) is 0. The first-order valence-corrected chi connectivity index (χ1v) is 6.08. The van der Waals surface area contributed by atoms with Gasteiger partial charge in [-0.25, -0.2) is 0 Å². The van der Waals surface area contributed by atoms with Crippen molar-refractivity contribution >= 4 is 19.9 Å². The van der Waals surface area contributed by atoms with E-state index < -0.39 is 9.24 Å². The van der Waals surface area contributed by atoms with Crippen LogP contribution in [0.1, 0.15) is 19.3 Å². The van der Waals surface area contributed by atoms with Crippen LogP contribution in [0.15, 0.2) is 0 Å². The highest BCUT2D eigenvalue weighted by atomic mass is 35.7. The molecular weight excluding hydrogens is 202 g/mol. The molecule has 0 amide bonds. The Morgan fingerprint density at radius 2 is 2.17 bits per heavy atom. The van der Waals surface area contributed by atoms with Crippen molar-refractivity contribution in [3.63, 3.8) is 0 Å². The number of methoxy groups -OCH3 is 1. The fourth-order valence-corrected chi connectivity index (χ4v) is 2.50. The van der Waals surface area contributed by atoms with Gasteiger partial charge in [-0.2, -0.15) is 13.1 Å². The SMILES string of the molecule is COC1CCCC1NS(=O)(=O)Cl. The maximum absolute atomic E-state index is 10.6. The Hall–Kier alpha value is 0.160. The Morgan fingerprint density at radius 1 is 1.50 bits per heavy atom. The molecule has 1 aliphatic rings. The monoisotopic (exact) mass is 213 g/mol. The number of halogens is 1. The van der Waals surface area contributed by atoms with E-state index in [0.717, 1.165) is 19.3 Å². The number of rotatable bonds is 3. The van der Waals surface area contributed by atoms with E-state index in [9.17, 15) is 8.42 Å². The van der Waals surface area contributed by atoms with Gasteiger partial charge in [0.15, 0.2) is 0 Å². The lowest BCUT2D eigenvalue weighted by Crippen LogP contribution is -2.38. The van der Waals surface area contributed by atoms with E-state index in [4.69, 9.17) is 15.4 Å². The minimum absolute atomic E-state index is 0.0291. The van der Waals surface area contributed by atoms with Crippen LogP contribution in [-0.4, -0.2) is 27.7 Å². The fraction of sp³-hybridized carbons (Fsp3) is 1.00. The molecule has 0 aromatic heterocycles. The molecule has 0 bridgehead atoms. The van der Waals surface area contributed by atoms with E-state index in [0.29, 0.717) is 0 Å². The van der Waals surface area contributed by atoms with Crippen LogP contribution in [0.5, 0.6) is 0 Å². The Bertz CT molecular complexity index is 241. The standard InChI is InChI=1S/C6H12ClNO3S/c1-11-6-4-2-3-5(6)8-12(7,9)10/h5-6,8H,2-4H2,1H3. The second-order valence-electron chi connectivity index (χ2n) is 2.87. The van der Waals surface area contributed by atoms with Crippen molar-refractivity contribution in [1.29, 1.82) is 0 Å². The summed E-state index contributed by atoms with van der Waals surface area (Å²) in [6.45, 7) is 0. The maximum Gasteiger partial charge on any atom is 0.297 e. The van der Waals surface area contributed by atoms with Crippen molar-refractivity contribution in [2.45, 2.75) is 31.4 Å². The first-order valence-electron chi connectivity index (χ1n) is 3.77. The molecule has 1 saturated carbocycles. The predicted octanol–water partition coefficient (Wildman–Crippen LogP) is 0.627. The minimum Gasteiger partial charge on any atom is -0.380 e. The lowest BCUT2D eigenvalue weighted by molar-refractivity contribution is 0.0918. The molecular formula is C6H12ClNO3S. The zero-order chi connectivity index (χ0) is 9.19. The third kappa shape index (κ3) is 2.90. The first kappa shape index (κ1) is 10.2.